The van der Waals surface area contributed by atoms with Gasteiger partial charge < -0.3 is 10.4 Å². The monoisotopic (exact) mass is 272 g/mol. The lowest BCUT2D eigenvalue weighted by Crippen LogP contribution is -2.32. The molecular weight excluding hydrogens is 256 g/mol. The third-order valence-electron chi connectivity index (χ3n) is 2.84. The molecule has 2 N–H and O–H groups in total. The highest BCUT2D eigenvalue weighted by Crippen LogP contribution is 2.36. The van der Waals surface area contributed by atoms with Crippen molar-refractivity contribution in [2.24, 2.45) is 0 Å². The summed E-state index contributed by atoms with van der Waals surface area (Å²) in [4.78, 5) is 14.7. The van der Waals surface area contributed by atoms with E-state index in [1.54, 1.807) is 5.38 Å². The van der Waals surface area contributed by atoms with Crippen LogP contribution in [0.3, 0.4) is 0 Å². The molecule has 6 heteroatoms. The van der Waals surface area contributed by atoms with Crippen LogP contribution in [-0.2, 0) is 6.54 Å². The van der Waals surface area contributed by atoms with Crippen molar-refractivity contribution in [3.63, 3.8) is 0 Å². The topological polar surface area (TPSA) is 62.2 Å². The van der Waals surface area contributed by atoms with Gasteiger partial charge in [-0.25, -0.2) is 9.78 Å². The van der Waals surface area contributed by atoms with Gasteiger partial charge in [0.25, 0.3) is 0 Å². The van der Waals surface area contributed by atoms with Crippen molar-refractivity contribution in [3.8, 4) is 0 Å². The summed E-state index contributed by atoms with van der Waals surface area (Å²) in [6.45, 7) is 3.89. The maximum Gasteiger partial charge on any atom is 0.365 e. The zero-order valence-electron chi connectivity index (χ0n) is 9.73. The van der Waals surface area contributed by atoms with Crippen molar-refractivity contribution >= 4 is 29.1 Å². The minimum atomic E-state index is -0.945. The molecule has 1 aromatic rings. The molecule has 94 valence electrons. The number of nitrogens with one attached hydrogen (secondary N) is 1. The summed E-state index contributed by atoms with van der Waals surface area (Å²) in [6.07, 6.45) is 2.55. The third-order valence-corrected chi connectivity index (χ3v) is 5.26. The minimum Gasteiger partial charge on any atom is -0.476 e. The van der Waals surface area contributed by atoms with Crippen molar-refractivity contribution in [1.29, 1.82) is 0 Å². The molecule has 4 nitrogen and oxygen atoms in total. The van der Waals surface area contributed by atoms with E-state index >= 15 is 0 Å². The molecule has 1 fully saturated rings. The molecule has 2 rings (SSSR count). The summed E-state index contributed by atoms with van der Waals surface area (Å²) in [5.41, 5.74) is 0.819. The van der Waals surface area contributed by atoms with Gasteiger partial charge in [-0.2, -0.15) is 11.8 Å². The van der Waals surface area contributed by atoms with E-state index in [4.69, 9.17) is 5.11 Å². The molecule has 1 unspecified atom stereocenters. The van der Waals surface area contributed by atoms with Gasteiger partial charge in [0, 0.05) is 23.2 Å². The number of thiazole rings is 1. The molecule has 0 amide bonds. The van der Waals surface area contributed by atoms with Gasteiger partial charge in [0.1, 0.15) is 0 Å². The van der Waals surface area contributed by atoms with Gasteiger partial charge in [0.2, 0.25) is 5.01 Å². The number of aromatic nitrogens is 1. The van der Waals surface area contributed by atoms with Crippen molar-refractivity contribution < 1.29 is 9.90 Å². The van der Waals surface area contributed by atoms with Crippen LogP contribution in [0.25, 0.3) is 0 Å². The van der Waals surface area contributed by atoms with E-state index in [2.05, 4.69) is 17.2 Å². The second-order valence-corrected chi connectivity index (χ2v) is 7.00. The summed E-state index contributed by atoms with van der Waals surface area (Å²) in [7, 11) is 0. The van der Waals surface area contributed by atoms with E-state index in [1.807, 2.05) is 11.8 Å². The lowest BCUT2D eigenvalue weighted by molar-refractivity contribution is 0.0696. The molecule has 0 spiro atoms. The van der Waals surface area contributed by atoms with Crippen LogP contribution >= 0.6 is 23.1 Å². The van der Waals surface area contributed by atoms with Gasteiger partial charge in [-0.05, 0) is 25.5 Å². The number of carboxylic acid groups (broad SMARTS) is 1. The first-order valence-corrected chi connectivity index (χ1v) is 7.48. The molecular formula is C11H16N2O2S2. The molecule has 0 bridgehead atoms. The summed E-state index contributed by atoms with van der Waals surface area (Å²) in [6, 6.07) is 0. The van der Waals surface area contributed by atoms with Crippen LogP contribution < -0.4 is 5.32 Å². The lowest BCUT2D eigenvalue weighted by Gasteiger charge is -2.22. The molecule has 1 saturated heterocycles. The SMILES string of the molecule is CC1(CNCc2csc(C(=O)O)n2)CCCS1. The van der Waals surface area contributed by atoms with Crippen molar-refractivity contribution in [2.45, 2.75) is 31.1 Å². The molecule has 0 aliphatic carbocycles. The number of carbonyl (C=O) groups is 1. The third kappa shape index (κ3) is 3.43. The van der Waals surface area contributed by atoms with Crippen molar-refractivity contribution in [3.05, 3.63) is 16.1 Å². The Balaban J connectivity index is 1.79. The highest BCUT2D eigenvalue weighted by Gasteiger charge is 2.28. The first kappa shape index (κ1) is 12.9. The highest BCUT2D eigenvalue weighted by atomic mass is 32.2. The summed E-state index contributed by atoms with van der Waals surface area (Å²) in [5, 5.41) is 14.1. The maximum atomic E-state index is 10.7. The average molecular weight is 272 g/mol. The Morgan fingerprint density at radius 1 is 1.71 bits per heavy atom. The minimum absolute atomic E-state index is 0.170. The van der Waals surface area contributed by atoms with E-state index < -0.39 is 5.97 Å². The number of carboxylic acids is 1. The highest BCUT2D eigenvalue weighted by molar-refractivity contribution is 8.00. The Kier molecular flexibility index (Phi) is 4.06. The number of hydrogen-bond acceptors (Lipinski definition) is 5. The largest absolute Gasteiger partial charge is 0.476 e. The van der Waals surface area contributed by atoms with Crippen LogP contribution in [0.2, 0.25) is 0 Å². The molecule has 1 aliphatic rings. The Morgan fingerprint density at radius 3 is 3.12 bits per heavy atom. The van der Waals surface area contributed by atoms with Crippen molar-refractivity contribution in [2.75, 3.05) is 12.3 Å². The first-order chi connectivity index (χ1) is 8.09. The standard InChI is InChI=1S/C11H16N2O2S2/c1-11(3-2-4-17-11)7-12-5-8-6-16-9(13-8)10(14)15/h6,12H,2-5,7H2,1H3,(H,14,15). The van der Waals surface area contributed by atoms with Gasteiger partial charge in [0.15, 0.2) is 0 Å². The predicted molar refractivity (Wildman–Crippen MR) is 70.9 cm³/mol. The molecule has 17 heavy (non-hydrogen) atoms. The first-order valence-electron chi connectivity index (χ1n) is 5.61. The van der Waals surface area contributed by atoms with E-state index in [9.17, 15) is 4.79 Å². The fourth-order valence-corrected chi connectivity index (χ4v) is 3.85. The normalized spacial score (nSPS) is 24.1. The Labute approximate surface area is 109 Å². The molecule has 0 radical (unpaired) electrons. The molecule has 1 aromatic heterocycles. The molecule has 0 saturated carbocycles. The van der Waals surface area contributed by atoms with Crippen LogP contribution in [0.15, 0.2) is 5.38 Å². The van der Waals surface area contributed by atoms with E-state index in [-0.39, 0.29) is 5.01 Å². The van der Waals surface area contributed by atoms with E-state index in [0.717, 1.165) is 12.2 Å². The fraction of sp³-hybridized carbons (Fsp3) is 0.636. The fourth-order valence-electron chi connectivity index (χ4n) is 1.92. The average Bonchev–Trinajstić information content (AvgIpc) is 2.88. The zero-order chi connectivity index (χ0) is 12.3. The Bertz CT molecular complexity index is 400. The second-order valence-electron chi connectivity index (χ2n) is 4.45. The van der Waals surface area contributed by atoms with Gasteiger partial charge in [-0.1, -0.05) is 0 Å². The quantitative estimate of drug-likeness (QED) is 0.860. The van der Waals surface area contributed by atoms with Crippen LogP contribution in [0.5, 0.6) is 0 Å². The maximum absolute atomic E-state index is 10.7. The van der Waals surface area contributed by atoms with E-state index in [1.165, 1.54) is 29.9 Å². The number of aromatic carboxylic acids is 1. The van der Waals surface area contributed by atoms with Gasteiger partial charge in [0.05, 0.1) is 5.69 Å². The van der Waals surface area contributed by atoms with Crippen molar-refractivity contribution in [1.82, 2.24) is 10.3 Å². The summed E-state index contributed by atoms with van der Waals surface area (Å²) < 4.78 is 0.339. The smallest absolute Gasteiger partial charge is 0.365 e. The predicted octanol–water partition coefficient (Wildman–Crippen LogP) is 2.22. The van der Waals surface area contributed by atoms with Gasteiger partial charge in [-0.15, -0.1) is 11.3 Å². The van der Waals surface area contributed by atoms with E-state index in [0.29, 0.717) is 11.3 Å². The van der Waals surface area contributed by atoms with Gasteiger partial charge in [-0.3, -0.25) is 0 Å². The summed E-state index contributed by atoms with van der Waals surface area (Å²) in [5.74, 6) is 0.303. The summed E-state index contributed by atoms with van der Waals surface area (Å²) >= 11 is 3.20. The van der Waals surface area contributed by atoms with Gasteiger partial charge >= 0.3 is 5.97 Å². The number of rotatable bonds is 5. The molecule has 1 aliphatic heterocycles. The lowest BCUT2D eigenvalue weighted by atomic mass is 10.1. The number of thioether (sulfide) groups is 1. The van der Waals surface area contributed by atoms with Crippen LogP contribution in [0.1, 0.15) is 35.3 Å². The number of nitrogens with zero attached hydrogens (tertiary/aromatic N) is 1. The molecule has 2 heterocycles. The molecule has 1 atom stereocenters. The Hall–Kier alpha value is -0.590. The van der Waals surface area contributed by atoms with Crippen LogP contribution in [0, 0.1) is 0 Å². The molecule has 0 aromatic carbocycles. The van der Waals surface area contributed by atoms with Crippen LogP contribution in [0.4, 0.5) is 0 Å². The Morgan fingerprint density at radius 2 is 2.53 bits per heavy atom. The number of hydrogen-bond donors (Lipinski definition) is 2. The second kappa shape index (κ2) is 5.37. The zero-order valence-corrected chi connectivity index (χ0v) is 11.4. The van der Waals surface area contributed by atoms with Crippen LogP contribution in [-0.4, -0.2) is 33.1 Å².